The lowest BCUT2D eigenvalue weighted by atomic mass is 10.1. The van der Waals surface area contributed by atoms with Crippen LogP contribution in [0.2, 0.25) is 10.0 Å². The average molecular weight is 696 g/mol. The summed E-state index contributed by atoms with van der Waals surface area (Å²) in [6.45, 7) is 2.69. The molecule has 1 fully saturated rings. The Morgan fingerprint density at radius 3 is 2.30 bits per heavy atom. The first-order valence-electron chi connectivity index (χ1n) is 13.4. The summed E-state index contributed by atoms with van der Waals surface area (Å²) >= 11 is 15.7. The molecule has 5 rings (SSSR count). The van der Waals surface area contributed by atoms with Crippen LogP contribution in [0.4, 0.5) is 10.5 Å². The summed E-state index contributed by atoms with van der Waals surface area (Å²) in [6, 6.07) is 23.5. The van der Waals surface area contributed by atoms with Crippen LogP contribution in [-0.4, -0.2) is 24.5 Å². The fourth-order valence-electron chi connectivity index (χ4n) is 4.34. The third-order valence-corrected chi connectivity index (χ3v) is 7.70. The summed E-state index contributed by atoms with van der Waals surface area (Å²) < 4.78 is 18.2. The number of benzene rings is 4. The summed E-state index contributed by atoms with van der Waals surface area (Å²) in [5.41, 5.74) is 2.24. The lowest BCUT2D eigenvalue weighted by Crippen LogP contribution is -2.54. The Morgan fingerprint density at radius 1 is 0.864 bits per heavy atom. The molecule has 1 aliphatic rings. The van der Waals surface area contributed by atoms with E-state index in [0.717, 1.165) is 16.0 Å². The number of rotatable bonds is 10. The third-order valence-electron chi connectivity index (χ3n) is 6.49. The Kier molecular flexibility index (Phi) is 9.89. The van der Waals surface area contributed by atoms with Crippen molar-refractivity contribution in [3.63, 3.8) is 0 Å². The molecule has 1 saturated heterocycles. The van der Waals surface area contributed by atoms with Crippen LogP contribution in [0.3, 0.4) is 0 Å². The van der Waals surface area contributed by atoms with Crippen molar-refractivity contribution in [3.8, 4) is 17.2 Å². The highest BCUT2D eigenvalue weighted by atomic mass is 79.9. The van der Waals surface area contributed by atoms with Crippen molar-refractivity contribution in [1.82, 2.24) is 5.32 Å². The Labute approximate surface area is 272 Å². The van der Waals surface area contributed by atoms with E-state index < -0.39 is 17.8 Å². The molecular formula is C33H25BrCl2N2O6. The first kappa shape index (κ1) is 31.1. The van der Waals surface area contributed by atoms with E-state index in [4.69, 9.17) is 37.4 Å². The van der Waals surface area contributed by atoms with E-state index >= 15 is 0 Å². The normalized spacial score (nSPS) is 14.0. The minimum atomic E-state index is -0.857. The number of carbonyl (C=O) groups is 3. The molecule has 0 aromatic heterocycles. The molecule has 4 amide bonds. The maximum absolute atomic E-state index is 13.5. The van der Waals surface area contributed by atoms with Crippen molar-refractivity contribution in [3.05, 3.63) is 122 Å². The molecule has 0 atom stereocenters. The fraction of sp³-hybridized carbons (Fsp3) is 0.121. The third kappa shape index (κ3) is 7.24. The first-order chi connectivity index (χ1) is 21.2. The quantitative estimate of drug-likeness (QED) is 0.134. The molecule has 0 aliphatic carbocycles. The lowest BCUT2D eigenvalue weighted by Gasteiger charge is -2.26. The summed E-state index contributed by atoms with van der Waals surface area (Å²) in [7, 11) is 0. The van der Waals surface area contributed by atoms with Crippen LogP contribution >= 0.6 is 39.1 Å². The molecule has 8 nitrogen and oxygen atoms in total. The maximum Gasteiger partial charge on any atom is 0.335 e. The number of hydrogen-bond acceptors (Lipinski definition) is 6. The minimum absolute atomic E-state index is 0.229. The number of nitrogens with zero attached hydrogens (tertiary/aromatic N) is 1. The van der Waals surface area contributed by atoms with Crippen LogP contribution in [0.1, 0.15) is 23.6 Å². The van der Waals surface area contributed by atoms with Gasteiger partial charge in [0.05, 0.1) is 16.8 Å². The Morgan fingerprint density at radius 2 is 1.59 bits per heavy atom. The minimum Gasteiger partial charge on any atom is -0.490 e. The largest absolute Gasteiger partial charge is 0.490 e. The Hall–Kier alpha value is -4.31. The highest BCUT2D eigenvalue weighted by Crippen LogP contribution is 2.38. The van der Waals surface area contributed by atoms with Gasteiger partial charge >= 0.3 is 6.03 Å². The molecule has 1 aliphatic heterocycles. The highest BCUT2D eigenvalue weighted by molar-refractivity contribution is 9.10. The van der Waals surface area contributed by atoms with Crippen molar-refractivity contribution in [2.24, 2.45) is 0 Å². The molecule has 44 heavy (non-hydrogen) atoms. The fourth-order valence-corrected chi connectivity index (χ4v) is 5.23. The molecule has 11 heteroatoms. The average Bonchev–Trinajstić information content (AvgIpc) is 3.00. The molecule has 224 valence electrons. The zero-order chi connectivity index (χ0) is 31.2. The molecule has 0 bridgehead atoms. The number of imide groups is 2. The molecule has 0 radical (unpaired) electrons. The van der Waals surface area contributed by atoms with Gasteiger partial charge in [0.25, 0.3) is 11.8 Å². The van der Waals surface area contributed by atoms with Crippen molar-refractivity contribution < 1.29 is 28.6 Å². The van der Waals surface area contributed by atoms with Gasteiger partial charge in [-0.25, -0.2) is 9.69 Å². The van der Waals surface area contributed by atoms with E-state index in [2.05, 4.69) is 21.2 Å². The predicted octanol–water partition coefficient (Wildman–Crippen LogP) is 7.98. The topological polar surface area (TPSA) is 94.2 Å². The number of barbiturate groups is 1. The molecular weight excluding hydrogens is 671 g/mol. The smallest absolute Gasteiger partial charge is 0.335 e. The van der Waals surface area contributed by atoms with Crippen molar-refractivity contribution in [1.29, 1.82) is 0 Å². The molecule has 1 N–H and O–H groups in total. The zero-order valence-electron chi connectivity index (χ0n) is 23.3. The van der Waals surface area contributed by atoms with E-state index in [9.17, 15) is 14.4 Å². The molecule has 4 aromatic carbocycles. The zero-order valence-corrected chi connectivity index (χ0v) is 26.4. The second kappa shape index (κ2) is 14.0. The van der Waals surface area contributed by atoms with Crippen LogP contribution in [0.15, 0.2) is 95.0 Å². The molecule has 4 aromatic rings. The number of amides is 4. The lowest BCUT2D eigenvalue weighted by molar-refractivity contribution is -0.122. The number of hydrogen-bond donors (Lipinski definition) is 1. The number of urea groups is 1. The molecule has 0 spiro atoms. The van der Waals surface area contributed by atoms with Gasteiger partial charge in [0.2, 0.25) is 0 Å². The van der Waals surface area contributed by atoms with Crippen molar-refractivity contribution >= 4 is 68.7 Å². The van der Waals surface area contributed by atoms with Crippen LogP contribution in [-0.2, 0) is 22.8 Å². The van der Waals surface area contributed by atoms with Gasteiger partial charge in [-0.1, -0.05) is 53.5 Å². The van der Waals surface area contributed by atoms with Crippen molar-refractivity contribution in [2.45, 2.75) is 20.1 Å². The van der Waals surface area contributed by atoms with Gasteiger partial charge in [0.15, 0.2) is 11.5 Å². The maximum atomic E-state index is 13.5. The van der Waals surface area contributed by atoms with Gasteiger partial charge in [0.1, 0.15) is 24.5 Å². The second-order valence-corrected chi connectivity index (χ2v) is 11.2. The number of nitrogens with one attached hydrogen (secondary N) is 1. The van der Waals surface area contributed by atoms with E-state index in [1.54, 1.807) is 54.6 Å². The van der Waals surface area contributed by atoms with Gasteiger partial charge in [-0.15, -0.1) is 0 Å². The number of carbonyl (C=O) groups excluding carboxylic acids is 3. The SMILES string of the molecule is CCOc1cc(/C=C2\C(=O)NC(=O)N(c3ccc(OCc4ccccc4Cl)cc3)C2=O)cc(Br)c1OCc1ccc(Cl)cc1. The monoisotopic (exact) mass is 694 g/mol. The molecule has 0 unspecified atom stereocenters. The van der Waals surface area contributed by atoms with Gasteiger partial charge in [-0.05, 0) is 94.7 Å². The summed E-state index contributed by atoms with van der Waals surface area (Å²) in [4.78, 5) is 39.9. The summed E-state index contributed by atoms with van der Waals surface area (Å²) in [5, 5.41) is 3.45. The van der Waals surface area contributed by atoms with Gasteiger partial charge in [0, 0.05) is 15.6 Å². The second-order valence-electron chi connectivity index (χ2n) is 9.51. The van der Waals surface area contributed by atoms with Gasteiger partial charge in [-0.2, -0.15) is 0 Å². The van der Waals surface area contributed by atoms with Crippen molar-refractivity contribution in [2.75, 3.05) is 11.5 Å². The number of ether oxygens (including phenoxy) is 3. The highest BCUT2D eigenvalue weighted by Gasteiger charge is 2.37. The van der Waals surface area contributed by atoms with Crippen LogP contribution < -0.4 is 24.4 Å². The first-order valence-corrected chi connectivity index (χ1v) is 15.0. The summed E-state index contributed by atoms with van der Waals surface area (Å²) in [5.74, 6) is -0.213. The number of halogens is 3. The van der Waals surface area contributed by atoms with Crippen LogP contribution in [0, 0.1) is 0 Å². The van der Waals surface area contributed by atoms with Crippen LogP contribution in [0.25, 0.3) is 6.08 Å². The Bertz CT molecular complexity index is 1740. The van der Waals surface area contributed by atoms with Gasteiger partial charge < -0.3 is 14.2 Å². The standard InChI is InChI=1S/C33H25BrCl2N2O6/c1-2-42-29-17-21(16-27(34)30(29)44-18-20-7-9-23(35)10-8-20)15-26-31(39)37-33(41)38(32(26)40)24-11-13-25(14-12-24)43-19-22-5-3-4-6-28(22)36/h3-17H,2,18-19H2,1H3,(H,37,39,41)/b26-15+. The molecule has 0 saturated carbocycles. The predicted molar refractivity (Wildman–Crippen MR) is 172 cm³/mol. The number of anilines is 1. The van der Waals surface area contributed by atoms with E-state index in [1.165, 1.54) is 6.08 Å². The van der Waals surface area contributed by atoms with Gasteiger partial charge in [-0.3, -0.25) is 14.9 Å². The summed E-state index contributed by atoms with van der Waals surface area (Å²) in [6.07, 6.45) is 1.40. The Balaban J connectivity index is 1.36. The van der Waals surface area contributed by atoms with E-state index in [0.29, 0.717) is 43.9 Å². The van der Waals surface area contributed by atoms with E-state index in [1.807, 2.05) is 37.3 Å². The van der Waals surface area contributed by atoms with E-state index in [-0.39, 0.29) is 24.5 Å². The van der Waals surface area contributed by atoms with Crippen LogP contribution in [0.5, 0.6) is 17.2 Å². The molecule has 1 heterocycles.